The lowest BCUT2D eigenvalue weighted by molar-refractivity contribution is -0.115. The lowest BCUT2D eigenvalue weighted by Gasteiger charge is -2.08. The fourth-order valence-electron chi connectivity index (χ4n) is 2.83. The van der Waals surface area contributed by atoms with Crippen molar-refractivity contribution in [3.05, 3.63) is 46.0 Å². The number of hydrogen-bond donors (Lipinski definition) is 2. The molecule has 0 aliphatic carbocycles. The van der Waals surface area contributed by atoms with E-state index in [1.807, 2.05) is 19.9 Å². The van der Waals surface area contributed by atoms with Crippen LogP contribution in [-0.2, 0) is 17.8 Å². The molecule has 1 aromatic carbocycles. The van der Waals surface area contributed by atoms with Gasteiger partial charge in [0.2, 0.25) is 5.91 Å². The van der Waals surface area contributed by atoms with Gasteiger partial charge in [-0.3, -0.25) is 14.2 Å². The fourth-order valence-corrected chi connectivity index (χ4v) is 2.83. The first-order chi connectivity index (χ1) is 11.5. The van der Waals surface area contributed by atoms with Crippen molar-refractivity contribution >= 4 is 22.5 Å². The molecule has 0 fully saturated rings. The average molecular weight is 326 g/mol. The van der Waals surface area contributed by atoms with Crippen LogP contribution in [0.15, 0.2) is 34.6 Å². The Morgan fingerprint density at radius 3 is 3.00 bits per heavy atom. The second kappa shape index (κ2) is 6.97. The molecule has 1 aliphatic rings. The number of carbonyl (C=O) groups is 1. The van der Waals surface area contributed by atoms with Gasteiger partial charge < -0.3 is 10.6 Å². The van der Waals surface area contributed by atoms with E-state index in [0.29, 0.717) is 23.1 Å². The van der Waals surface area contributed by atoms with Gasteiger partial charge in [0.25, 0.3) is 5.56 Å². The minimum Gasteiger partial charge on any atom is -0.325 e. The van der Waals surface area contributed by atoms with E-state index >= 15 is 0 Å². The van der Waals surface area contributed by atoms with Crippen LogP contribution in [0, 0.1) is 0 Å². The van der Waals surface area contributed by atoms with E-state index in [4.69, 9.17) is 0 Å². The van der Waals surface area contributed by atoms with Gasteiger partial charge in [0.15, 0.2) is 0 Å². The van der Waals surface area contributed by atoms with E-state index in [0.717, 1.165) is 25.2 Å². The second-order valence-electron chi connectivity index (χ2n) is 6.28. The Hall–Kier alpha value is -2.47. The molecule has 1 aromatic heterocycles. The molecule has 6 heteroatoms. The maximum absolute atomic E-state index is 12.5. The van der Waals surface area contributed by atoms with Crippen molar-refractivity contribution in [1.29, 1.82) is 0 Å². The number of allylic oxidation sites excluding steroid dienone is 1. The Morgan fingerprint density at radius 2 is 2.21 bits per heavy atom. The number of anilines is 1. The van der Waals surface area contributed by atoms with Crippen molar-refractivity contribution < 1.29 is 4.79 Å². The molecule has 24 heavy (non-hydrogen) atoms. The highest BCUT2D eigenvalue weighted by Gasteiger charge is 2.16. The number of hydrogen-bond acceptors (Lipinski definition) is 4. The number of amides is 1. The van der Waals surface area contributed by atoms with Crippen LogP contribution in [0.1, 0.15) is 26.1 Å². The molecule has 0 bridgehead atoms. The smallest absolute Gasteiger partial charge is 0.261 e. The van der Waals surface area contributed by atoms with Gasteiger partial charge in [-0.15, -0.1) is 0 Å². The van der Waals surface area contributed by atoms with E-state index < -0.39 is 0 Å². The minimum atomic E-state index is -0.134. The first kappa shape index (κ1) is 16.4. The highest BCUT2D eigenvalue weighted by atomic mass is 16.2. The topological polar surface area (TPSA) is 76.0 Å². The van der Waals surface area contributed by atoms with Gasteiger partial charge in [0.1, 0.15) is 5.82 Å². The van der Waals surface area contributed by atoms with Gasteiger partial charge in [0.05, 0.1) is 17.4 Å². The maximum Gasteiger partial charge on any atom is 0.261 e. The van der Waals surface area contributed by atoms with Crippen molar-refractivity contribution in [3.8, 4) is 0 Å². The van der Waals surface area contributed by atoms with Crippen LogP contribution in [0.25, 0.3) is 10.9 Å². The van der Waals surface area contributed by atoms with Crippen LogP contribution in [0.5, 0.6) is 0 Å². The zero-order chi connectivity index (χ0) is 17.1. The van der Waals surface area contributed by atoms with E-state index in [2.05, 4.69) is 15.6 Å². The van der Waals surface area contributed by atoms with Gasteiger partial charge in [-0.25, -0.2) is 4.98 Å². The molecule has 0 saturated heterocycles. The van der Waals surface area contributed by atoms with Gasteiger partial charge in [-0.2, -0.15) is 0 Å². The molecule has 0 saturated carbocycles. The molecule has 1 amide bonds. The fraction of sp³-hybridized carbons (Fsp3) is 0.389. The number of benzene rings is 1. The highest BCUT2D eigenvalue weighted by molar-refractivity contribution is 5.94. The molecular formula is C18H22N4O2. The standard InChI is InChI=1S/C18H22N4O2/c1-12(2)7-8-19-11-17(23)20-13-5-6-15-14(10-13)18(24)22-9-3-4-16(22)21-15/h5-7,10,19H,3-4,8-9,11H2,1-2H3,(H,20,23). The van der Waals surface area contributed by atoms with Gasteiger partial charge in [0, 0.05) is 25.2 Å². The SMILES string of the molecule is CC(C)=CCNCC(=O)Nc1ccc2nc3n(c(=O)c2c1)CCC3. The third kappa shape index (κ3) is 3.54. The Balaban J connectivity index is 1.73. The molecule has 2 aromatic rings. The van der Waals surface area contributed by atoms with Crippen LogP contribution in [0.4, 0.5) is 5.69 Å². The lowest BCUT2D eigenvalue weighted by Crippen LogP contribution is -2.28. The summed E-state index contributed by atoms with van der Waals surface area (Å²) in [5, 5.41) is 6.42. The largest absolute Gasteiger partial charge is 0.325 e. The molecule has 0 radical (unpaired) electrons. The van der Waals surface area contributed by atoms with Gasteiger partial charge >= 0.3 is 0 Å². The zero-order valence-electron chi connectivity index (χ0n) is 14.1. The van der Waals surface area contributed by atoms with Gasteiger partial charge in [-0.05, 0) is 38.5 Å². The molecule has 3 rings (SSSR count). The van der Waals surface area contributed by atoms with Crippen LogP contribution in [0.2, 0.25) is 0 Å². The second-order valence-corrected chi connectivity index (χ2v) is 6.28. The molecule has 0 spiro atoms. The Morgan fingerprint density at radius 1 is 1.38 bits per heavy atom. The monoisotopic (exact) mass is 326 g/mol. The molecule has 6 nitrogen and oxygen atoms in total. The number of rotatable bonds is 5. The number of nitrogens with one attached hydrogen (secondary N) is 2. The summed E-state index contributed by atoms with van der Waals surface area (Å²) in [6.07, 6.45) is 3.83. The molecule has 1 aliphatic heterocycles. The summed E-state index contributed by atoms with van der Waals surface area (Å²) in [5.41, 5.74) is 2.49. The number of aryl methyl sites for hydroxylation is 1. The Labute approximate surface area is 140 Å². The first-order valence-corrected chi connectivity index (χ1v) is 8.22. The van der Waals surface area contributed by atoms with Crippen molar-refractivity contribution in [2.75, 3.05) is 18.4 Å². The summed E-state index contributed by atoms with van der Waals surface area (Å²) in [6, 6.07) is 5.29. The summed E-state index contributed by atoms with van der Waals surface area (Å²) >= 11 is 0. The molecule has 2 heterocycles. The molecule has 0 atom stereocenters. The summed E-state index contributed by atoms with van der Waals surface area (Å²) < 4.78 is 1.73. The van der Waals surface area contributed by atoms with Gasteiger partial charge in [-0.1, -0.05) is 11.6 Å². The number of aromatic nitrogens is 2. The molecular weight excluding hydrogens is 304 g/mol. The molecule has 126 valence electrons. The minimum absolute atomic E-state index is 0.0229. The Bertz CT molecular complexity index is 863. The van der Waals surface area contributed by atoms with Crippen molar-refractivity contribution in [2.45, 2.75) is 33.2 Å². The number of carbonyl (C=O) groups excluding carboxylic acids is 1. The molecule has 0 unspecified atom stereocenters. The van der Waals surface area contributed by atoms with E-state index in [1.165, 1.54) is 5.57 Å². The van der Waals surface area contributed by atoms with E-state index in [9.17, 15) is 9.59 Å². The normalized spacial score (nSPS) is 12.9. The van der Waals surface area contributed by atoms with E-state index in [1.54, 1.807) is 22.8 Å². The van der Waals surface area contributed by atoms with Crippen LogP contribution in [0.3, 0.4) is 0 Å². The Kier molecular flexibility index (Phi) is 4.76. The third-order valence-corrected chi connectivity index (χ3v) is 4.04. The quantitative estimate of drug-likeness (QED) is 0.649. The summed E-state index contributed by atoms with van der Waals surface area (Å²) in [6.45, 7) is 5.64. The predicted molar refractivity (Wildman–Crippen MR) is 95.3 cm³/mol. The maximum atomic E-state index is 12.5. The summed E-state index contributed by atoms with van der Waals surface area (Å²) in [5.74, 6) is 0.721. The third-order valence-electron chi connectivity index (χ3n) is 4.04. The van der Waals surface area contributed by atoms with Crippen molar-refractivity contribution in [2.24, 2.45) is 0 Å². The zero-order valence-corrected chi connectivity index (χ0v) is 14.1. The van der Waals surface area contributed by atoms with Crippen LogP contribution in [-0.4, -0.2) is 28.5 Å². The number of nitrogens with zero attached hydrogens (tertiary/aromatic N) is 2. The highest BCUT2D eigenvalue weighted by Crippen LogP contribution is 2.18. The van der Waals surface area contributed by atoms with Crippen LogP contribution < -0.4 is 16.2 Å². The summed E-state index contributed by atoms with van der Waals surface area (Å²) in [4.78, 5) is 29.0. The average Bonchev–Trinajstić information content (AvgIpc) is 3.01. The number of fused-ring (bicyclic) bond motifs is 2. The first-order valence-electron chi connectivity index (χ1n) is 8.22. The van der Waals surface area contributed by atoms with Crippen molar-refractivity contribution in [1.82, 2.24) is 14.9 Å². The lowest BCUT2D eigenvalue weighted by atomic mass is 10.2. The van der Waals surface area contributed by atoms with Crippen LogP contribution >= 0.6 is 0 Å². The molecule has 2 N–H and O–H groups in total. The van der Waals surface area contributed by atoms with Crippen molar-refractivity contribution in [3.63, 3.8) is 0 Å². The predicted octanol–water partition coefficient (Wildman–Crippen LogP) is 1.84. The summed E-state index contributed by atoms with van der Waals surface area (Å²) in [7, 11) is 0. The van der Waals surface area contributed by atoms with E-state index in [-0.39, 0.29) is 18.0 Å².